The number of carbonyl (C=O) groups is 1. The molecule has 0 spiro atoms. The number of nitrogens with zero attached hydrogens (tertiary/aromatic N) is 4. The molecule has 3 heterocycles. The van der Waals surface area contributed by atoms with Crippen molar-refractivity contribution < 1.29 is 14.6 Å². The largest absolute Gasteiger partial charge is 0.434 e. The van der Waals surface area contributed by atoms with Gasteiger partial charge in [-0.3, -0.25) is 4.79 Å². The Morgan fingerprint density at radius 2 is 1.86 bits per heavy atom. The molecule has 0 bridgehead atoms. The highest BCUT2D eigenvalue weighted by Crippen LogP contribution is 2.47. The molecule has 0 aliphatic carbocycles. The van der Waals surface area contributed by atoms with Gasteiger partial charge in [-0.05, 0) is 56.0 Å². The van der Waals surface area contributed by atoms with E-state index >= 15 is 0 Å². The summed E-state index contributed by atoms with van der Waals surface area (Å²) >= 11 is 1.39. The maximum absolute atomic E-state index is 13.0. The number of ether oxygens (including phenoxy) is 1. The Morgan fingerprint density at radius 1 is 1.14 bits per heavy atom. The van der Waals surface area contributed by atoms with Crippen LogP contribution in [0.4, 0.5) is 10.8 Å². The van der Waals surface area contributed by atoms with Crippen LogP contribution in [0.15, 0.2) is 30.3 Å². The second-order valence-electron chi connectivity index (χ2n) is 9.77. The van der Waals surface area contributed by atoms with Gasteiger partial charge in [0.15, 0.2) is 0 Å². The van der Waals surface area contributed by atoms with Crippen LogP contribution in [0.3, 0.4) is 0 Å². The molecule has 1 aliphatic heterocycles. The number of hydrogen-bond donors (Lipinski definition) is 1. The van der Waals surface area contributed by atoms with Crippen molar-refractivity contribution in [2.24, 2.45) is 0 Å². The molecule has 182 valence electrons. The molecule has 35 heavy (non-hydrogen) atoms. The van der Waals surface area contributed by atoms with Gasteiger partial charge in [-0.2, -0.15) is 4.37 Å². The van der Waals surface area contributed by atoms with E-state index in [1.807, 2.05) is 6.92 Å². The lowest BCUT2D eigenvalue weighted by Crippen LogP contribution is -2.30. The van der Waals surface area contributed by atoms with Crippen molar-refractivity contribution in [1.82, 2.24) is 13.9 Å². The lowest BCUT2D eigenvalue weighted by atomic mass is 9.88. The fraction of sp³-hybridized carbons (Fsp3) is 0.370. The molecule has 7 nitrogen and oxygen atoms in total. The number of anilines is 2. The first-order valence-corrected chi connectivity index (χ1v) is 12.5. The molecule has 4 aromatic rings. The van der Waals surface area contributed by atoms with Crippen LogP contribution in [-0.2, 0) is 22.5 Å². The second-order valence-corrected chi connectivity index (χ2v) is 10.5. The molecule has 0 saturated carbocycles. The standard InChI is InChI=1S/C27H30N4O3S/c1-15-7-9-19(10-8-15)23-20(14-22(32)34-27(5,6)33)17(3)24-25-21(23)13-16(2)30(25)11-12-31(24)26-28-18(4)29-35-26/h7-10,13,33H,11-12,14H2,1-6H3. The SMILES string of the molecule is Cc1ccc(-c2c(CC(=O)OC(C)(C)O)c(C)c3c4c2cc(C)n4CCN3c2nc(C)ns2)cc1. The fourth-order valence-electron chi connectivity index (χ4n) is 5.04. The molecule has 0 radical (unpaired) electrons. The third-order valence-corrected chi connectivity index (χ3v) is 7.33. The van der Waals surface area contributed by atoms with Crippen molar-refractivity contribution >= 4 is 39.2 Å². The van der Waals surface area contributed by atoms with E-state index < -0.39 is 11.8 Å². The van der Waals surface area contributed by atoms with E-state index in [1.54, 1.807) is 0 Å². The van der Waals surface area contributed by atoms with Crippen LogP contribution in [0.1, 0.15) is 42.1 Å². The predicted octanol–water partition coefficient (Wildman–Crippen LogP) is 5.36. The highest BCUT2D eigenvalue weighted by molar-refractivity contribution is 7.09. The summed E-state index contributed by atoms with van der Waals surface area (Å²) in [6, 6.07) is 10.6. The predicted molar refractivity (Wildman–Crippen MR) is 139 cm³/mol. The van der Waals surface area contributed by atoms with Gasteiger partial charge in [0.25, 0.3) is 0 Å². The first kappa shape index (κ1) is 23.5. The van der Waals surface area contributed by atoms with Crippen molar-refractivity contribution in [3.05, 3.63) is 58.5 Å². The van der Waals surface area contributed by atoms with E-state index in [4.69, 9.17) is 4.74 Å². The summed E-state index contributed by atoms with van der Waals surface area (Å²) in [4.78, 5) is 19.9. The van der Waals surface area contributed by atoms with Gasteiger partial charge in [0.05, 0.1) is 17.6 Å². The van der Waals surface area contributed by atoms with E-state index in [1.165, 1.54) is 36.6 Å². The smallest absolute Gasteiger partial charge is 0.312 e. The number of esters is 1. The number of aromatic nitrogens is 3. The van der Waals surface area contributed by atoms with E-state index in [9.17, 15) is 9.90 Å². The van der Waals surface area contributed by atoms with Crippen molar-refractivity contribution in [3.8, 4) is 11.1 Å². The Labute approximate surface area is 209 Å². The summed E-state index contributed by atoms with van der Waals surface area (Å²) in [5.74, 6) is -1.25. The highest BCUT2D eigenvalue weighted by Gasteiger charge is 2.31. The molecule has 0 fully saturated rings. The molecule has 1 aliphatic rings. The van der Waals surface area contributed by atoms with Gasteiger partial charge >= 0.3 is 5.97 Å². The summed E-state index contributed by atoms with van der Waals surface area (Å²) in [6.07, 6.45) is 0.0508. The quantitative estimate of drug-likeness (QED) is 0.300. The van der Waals surface area contributed by atoms with Gasteiger partial charge in [0, 0.05) is 49.5 Å². The second kappa shape index (κ2) is 8.46. The summed E-state index contributed by atoms with van der Waals surface area (Å²) in [6.45, 7) is 12.7. The first-order chi connectivity index (χ1) is 16.5. The number of carbonyl (C=O) groups excluding carboxylic acids is 1. The van der Waals surface area contributed by atoms with E-state index in [2.05, 4.69) is 69.9 Å². The Balaban J connectivity index is 1.80. The topological polar surface area (TPSA) is 80.5 Å². The van der Waals surface area contributed by atoms with Crippen LogP contribution in [0.2, 0.25) is 0 Å². The van der Waals surface area contributed by atoms with E-state index in [0.29, 0.717) is 0 Å². The number of aryl methyl sites for hydroxylation is 3. The van der Waals surface area contributed by atoms with Crippen LogP contribution in [-0.4, -0.2) is 37.3 Å². The number of rotatable bonds is 5. The molecule has 2 aromatic carbocycles. The van der Waals surface area contributed by atoms with Gasteiger partial charge in [-0.1, -0.05) is 29.8 Å². The monoisotopic (exact) mass is 490 g/mol. The molecule has 0 atom stereocenters. The van der Waals surface area contributed by atoms with Gasteiger partial charge < -0.3 is 19.3 Å². The Hall–Kier alpha value is -3.23. The van der Waals surface area contributed by atoms with Gasteiger partial charge in [0.2, 0.25) is 10.9 Å². The van der Waals surface area contributed by atoms with Crippen LogP contribution in [0.5, 0.6) is 0 Å². The summed E-state index contributed by atoms with van der Waals surface area (Å²) in [5, 5.41) is 12.1. The zero-order valence-corrected chi connectivity index (χ0v) is 21.8. The fourth-order valence-corrected chi connectivity index (χ4v) is 5.75. The summed E-state index contributed by atoms with van der Waals surface area (Å²) < 4.78 is 12.1. The highest BCUT2D eigenvalue weighted by atomic mass is 32.1. The van der Waals surface area contributed by atoms with E-state index in [0.717, 1.165) is 62.9 Å². The van der Waals surface area contributed by atoms with Gasteiger partial charge in [-0.25, -0.2) is 4.98 Å². The molecule has 8 heteroatoms. The van der Waals surface area contributed by atoms with Gasteiger partial charge in [0.1, 0.15) is 5.82 Å². The normalized spacial score (nSPS) is 13.5. The lowest BCUT2D eigenvalue weighted by molar-refractivity contribution is -0.194. The van der Waals surface area contributed by atoms with Crippen LogP contribution >= 0.6 is 11.5 Å². The van der Waals surface area contributed by atoms with Crippen LogP contribution in [0.25, 0.3) is 22.0 Å². The zero-order chi connectivity index (χ0) is 25.1. The van der Waals surface area contributed by atoms with Crippen molar-refractivity contribution in [2.45, 2.75) is 60.3 Å². The van der Waals surface area contributed by atoms with Crippen LogP contribution in [0, 0.1) is 27.7 Å². The average Bonchev–Trinajstić information content (AvgIpc) is 3.35. The molecular weight excluding hydrogens is 460 g/mol. The molecule has 0 amide bonds. The molecule has 5 rings (SSSR count). The Bertz CT molecular complexity index is 1440. The maximum Gasteiger partial charge on any atom is 0.312 e. The summed E-state index contributed by atoms with van der Waals surface area (Å²) in [5.41, 5.74) is 8.55. The van der Waals surface area contributed by atoms with E-state index in [-0.39, 0.29) is 6.42 Å². The zero-order valence-electron chi connectivity index (χ0n) is 21.0. The number of benzene rings is 2. The first-order valence-electron chi connectivity index (χ1n) is 11.8. The average molecular weight is 491 g/mol. The Morgan fingerprint density at radius 3 is 2.49 bits per heavy atom. The third-order valence-electron chi connectivity index (χ3n) is 6.50. The summed E-state index contributed by atoms with van der Waals surface area (Å²) in [7, 11) is 0. The van der Waals surface area contributed by atoms with Gasteiger partial charge in [-0.15, -0.1) is 0 Å². The minimum atomic E-state index is -1.54. The lowest BCUT2D eigenvalue weighted by Gasteiger charge is -2.32. The minimum absolute atomic E-state index is 0.0508. The molecule has 0 saturated heterocycles. The molecular formula is C27H30N4O3S. The molecule has 1 N–H and O–H groups in total. The minimum Gasteiger partial charge on any atom is -0.434 e. The molecule has 2 aromatic heterocycles. The maximum atomic E-state index is 13.0. The van der Waals surface area contributed by atoms with Crippen LogP contribution < -0.4 is 4.90 Å². The third kappa shape index (κ3) is 4.21. The van der Waals surface area contributed by atoms with Crippen molar-refractivity contribution in [3.63, 3.8) is 0 Å². The Kier molecular flexibility index (Phi) is 5.68. The van der Waals surface area contributed by atoms with Crippen molar-refractivity contribution in [1.29, 1.82) is 0 Å². The number of aliphatic hydroxyl groups is 1. The number of hydrogen-bond acceptors (Lipinski definition) is 7. The molecule has 0 unspecified atom stereocenters. The van der Waals surface area contributed by atoms with Crippen molar-refractivity contribution in [2.75, 3.05) is 11.4 Å².